The van der Waals surface area contributed by atoms with E-state index in [1.807, 2.05) is 36.4 Å². The highest BCUT2D eigenvalue weighted by Gasteiger charge is 2.19. The molecule has 0 unspecified atom stereocenters. The molecular formula is C20H20N2O4. The molecular weight excluding hydrogens is 332 g/mol. The van der Waals surface area contributed by atoms with Crippen LogP contribution in [0.5, 0.6) is 5.75 Å². The van der Waals surface area contributed by atoms with Gasteiger partial charge >= 0.3 is 5.97 Å². The van der Waals surface area contributed by atoms with Crippen LogP contribution in [0.4, 0.5) is 0 Å². The van der Waals surface area contributed by atoms with E-state index in [-0.39, 0.29) is 30.7 Å². The fraction of sp³-hybridized carbons (Fsp3) is 0.300. The van der Waals surface area contributed by atoms with Crippen molar-refractivity contribution in [3.05, 3.63) is 58.9 Å². The fourth-order valence-corrected chi connectivity index (χ4v) is 2.48. The molecule has 0 spiro atoms. The number of rotatable bonds is 8. The summed E-state index contributed by atoms with van der Waals surface area (Å²) in [5.41, 5.74) is 1.48. The molecule has 0 bridgehead atoms. The Morgan fingerprint density at radius 2 is 1.92 bits per heavy atom. The Hall–Kier alpha value is -3.20. The summed E-state index contributed by atoms with van der Waals surface area (Å²) in [4.78, 5) is 27.9. The Balaban J connectivity index is 2.16. The summed E-state index contributed by atoms with van der Waals surface area (Å²) >= 11 is 0. The molecule has 6 nitrogen and oxygen atoms in total. The number of carbonyl (C=O) groups excluding carboxylic acids is 2. The van der Waals surface area contributed by atoms with Crippen LogP contribution >= 0.6 is 0 Å². The number of pyridine rings is 1. The Morgan fingerprint density at radius 1 is 1.19 bits per heavy atom. The number of aromatic nitrogens is 1. The number of hydrogen-bond donors (Lipinski definition) is 1. The predicted molar refractivity (Wildman–Crippen MR) is 94.7 cm³/mol. The maximum atomic E-state index is 12.3. The molecule has 1 aromatic carbocycles. The van der Waals surface area contributed by atoms with Crippen LogP contribution in [0.15, 0.2) is 36.4 Å². The van der Waals surface area contributed by atoms with Crippen molar-refractivity contribution in [2.24, 2.45) is 0 Å². The summed E-state index contributed by atoms with van der Waals surface area (Å²) in [5, 5.41) is 19.3. The van der Waals surface area contributed by atoms with Crippen molar-refractivity contribution in [1.82, 2.24) is 4.98 Å². The van der Waals surface area contributed by atoms with Gasteiger partial charge in [0.25, 0.3) is 0 Å². The molecule has 134 valence electrons. The number of benzene rings is 1. The zero-order chi connectivity index (χ0) is 18.9. The van der Waals surface area contributed by atoms with Gasteiger partial charge in [-0.05, 0) is 31.4 Å². The second-order valence-electron chi connectivity index (χ2n) is 5.68. The van der Waals surface area contributed by atoms with Crippen LogP contribution in [0, 0.1) is 11.3 Å². The molecule has 1 heterocycles. The lowest BCUT2D eigenvalue weighted by Gasteiger charge is -2.08. The fourth-order valence-electron chi connectivity index (χ4n) is 2.48. The maximum Gasteiger partial charge on any atom is 0.306 e. The van der Waals surface area contributed by atoms with Crippen molar-refractivity contribution in [2.75, 3.05) is 6.61 Å². The third-order valence-corrected chi connectivity index (χ3v) is 3.80. The molecule has 0 atom stereocenters. The van der Waals surface area contributed by atoms with Crippen molar-refractivity contribution >= 4 is 11.8 Å². The Labute approximate surface area is 152 Å². The number of hydrogen-bond acceptors (Lipinski definition) is 6. The van der Waals surface area contributed by atoms with Crippen molar-refractivity contribution in [2.45, 2.75) is 32.6 Å². The first kappa shape index (κ1) is 19.1. The van der Waals surface area contributed by atoms with Gasteiger partial charge in [-0.25, -0.2) is 4.98 Å². The van der Waals surface area contributed by atoms with Gasteiger partial charge in [-0.3, -0.25) is 9.59 Å². The van der Waals surface area contributed by atoms with Crippen LogP contribution in [0.2, 0.25) is 0 Å². The molecule has 0 saturated carbocycles. The molecule has 2 rings (SSSR count). The summed E-state index contributed by atoms with van der Waals surface area (Å²) in [7, 11) is 0. The highest BCUT2D eigenvalue weighted by molar-refractivity contribution is 5.98. The molecule has 0 fully saturated rings. The second kappa shape index (κ2) is 9.33. The Kier molecular flexibility index (Phi) is 6.86. The van der Waals surface area contributed by atoms with Gasteiger partial charge < -0.3 is 9.84 Å². The van der Waals surface area contributed by atoms with E-state index >= 15 is 0 Å². The average Bonchev–Trinajstić information content (AvgIpc) is 2.66. The number of ether oxygens (including phenoxy) is 1. The largest absolute Gasteiger partial charge is 0.504 e. The summed E-state index contributed by atoms with van der Waals surface area (Å²) in [6.45, 7) is 1.92. The molecule has 2 aromatic rings. The van der Waals surface area contributed by atoms with E-state index < -0.39 is 17.5 Å². The zero-order valence-corrected chi connectivity index (χ0v) is 14.6. The first-order valence-corrected chi connectivity index (χ1v) is 8.40. The second-order valence-corrected chi connectivity index (χ2v) is 5.68. The summed E-state index contributed by atoms with van der Waals surface area (Å²) in [6, 6.07) is 13.1. The lowest BCUT2D eigenvalue weighted by atomic mass is 10.0. The minimum atomic E-state index is -0.492. The van der Waals surface area contributed by atoms with E-state index in [4.69, 9.17) is 4.74 Å². The van der Waals surface area contributed by atoms with Crippen molar-refractivity contribution < 1.29 is 19.4 Å². The van der Waals surface area contributed by atoms with E-state index in [0.717, 1.165) is 5.56 Å². The van der Waals surface area contributed by atoms with Gasteiger partial charge in [-0.15, -0.1) is 0 Å². The van der Waals surface area contributed by atoms with Gasteiger partial charge in [-0.1, -0.05) is 30.3 Å². The minimum Gasteiger partial charge on any atom is -0.504 e. The van der Waals surface area contributed by atoms with E-state index in [2.05, 4.69) is 4.98 Å². The SMILES string of the molecule is CCOC(=O)CCC(=O)c1nc(CCc2ccccc2)cc(C#N)c1O. The third kappa shape index (κ3) is 5.15. The number of carbonyl (C=O) groups is 2. The van der Waals surface area contributed by atoms with Crippen LogP contribution in [-0.4, -0.2) is 28.4 Å². The number of Topliss-reactive ketones (excluding diaryl/α,β-unsaturated/α-hetero) is 1. The standard InChI is InChI=1S/C20H20N2O4/c1-2-26-18(24)11-10-17(23)19-20(25)15(13-21)12-16(22-19)9-8-14-6-4-3-5-7-14/h3-7,12,25H,2,8-11H2,1H3. The van der Waals surface area contributed by atoms with Gasteiger partial charge in [0.15, 0.2) is 11.5 Å². The van der Waals surface area contributed by atoms with Crippen molar-refractivity contribution in [1.29, 1.82) is 5.26 Å². The molecule has 0 saturated heterocycles. The van der Waals surface area contributed by atoms with Crippen LogP contribution in [0.1, 0.15) is 47.1 Å². The normalized spacial score (nSPS) is 10.2. The highest BCUT2D eigenvalue weighted by atomic mass is 16.5. The number of ketones is 1. The van der Waals surface area contributed by atoms with Crippen molar-refractivity contribution in [3.63, 3.8) is 0 Å². The molecule has 0 aliphatic rings. The zero-order valence-electron chi connectivity index (χ0n) is 14.6. The first-order valence-electron chi connectivity index (χ1n) is 8.40. The number of esters is 1. The van der Waals surface area contributed by atoms with Gasteiger partial charge in [0, 0.05) is 12.1 Å². The van der Waals surface area contributed by atoms with Gasteiger partial charge in [-0.2, -0.15) is 5.26 Å². The Morgan fingerprint density at radius 3 is 2.58 bits per heavy atom. The van der Waals surface area contributed by atoms with Crippen LogP contribution < -0.4 is 0 Å². The monoisotopic (exact) mass is 352 g/mol. The number of aromatic hydroxyl groups is 1. The number of nitrogens with zero attached hydrogens (tertiary/aromatic N) is 2. The van der Waals surface area contributed by atoms with E-state index in [9.17, 15) is 20.0 Å². The van der Waals surface area contributed by atoms with Gasteiger partial charge in [0.1, 0.15) is 11.8 Å². The molecule has 0 aliphatic heterocycles. The van der Waals surface area contributed by atoms with E-state index in [1.165, 1.54) is 6.07 Å². The molecule has 0 radical (unpaired) electrons. The van der Waals surface area contributed by atoms with E-state index in [1.54, 1.807) is 6.92 Å². The van der Waals surface area contributed by atoms with Crippen LogP contribution in [0.25, 0.3) is 0 Å². The maximum absolute atomic E-state index is 12.3. The minimum absolute atomic E-state index is 0.00236. The molecule has 1 N–H and O–H groups in total. The van der Waals surface area contributed by atoms with Crippen molar-refractivity contribution in [3.8, 4) is 11.8 Å². The van der Waals surface area contributed by atoms with Gasteiger partial charge in [0.2, 0.25) is 0 Å². The topological polar surface area (TPSA) is 100 Å². The smallest absolute Gasteiger partial charge is 0.306 e. The molecule has 26 heavy (non-hydrogen) atoms. The quantitative estimate of drug-likeness (QED) is 0.579. The van der Waals surface area contributed by atoms with Crippen LogP contribution in [0.3, 0.4) is 0 Å². The summed E-state index contributed by atoms with van der Waals surface area (Å²) < 4.78 is 4.79. The number of aryl methyl sites for hydroxylation is 2. The molecule has 0 amide bonds. The lowest BCUT2D eigenvalue weighted by molar-refractivity contribution is -0.143. The molecule has 6 heteroatoms. The Bertz CT molecular complexity index is 826. The molecule has 1 aromatic heterocycles. The lowest BCUT2D eigenvalue weighted by Crippen LogP contribution is -2.11. The van der Waals surface area contributed by atoms with Gasteiger partial charge in [0.05, 0.1) is 18.6 Å². The van der Waals surface area contributed by atoms with Crippen LogP contribution in [-0.2, 0) is 22.4 Å². The predicted octanol–water partition coefficient (Wildman–Crippen LogP) is 2.97. The average molecular weight is 352 g/mol. The molecule has 0 aliphatic carbocycles. The third-order valence-electron chi connectivity index (χ3n) is 3.80. The highest BCUT2D eigenvalue weighted by Crippen LogP contribution is 2.24. The van der Waals surface area contributed by atoms with E-state index in [0.29, 0.717) is 18.5 Å². The summed E-state index contributed by atoms with van der Waals surface area (Å²) in [5.74, 6) is -1.42. The first-order chi connectivity index (χ1) is 12.5. The number of nitriles is 1. The summed E-state index contributed by atoms with van der Waals surface area (Å²) in [6.07, 6.45) is 0.993.